The third-order valence-corrected chi connectivity index (χ3v) is 3.02. The van der Waals surface area contributed by atoms with Crippen molar-refractivity contribution in [3.8, 4) is 0 Å². The summed E-state index contributed by atoms with van der Waals surface area (Å²) in [6, 6.07) is 0. The van der Waals surface area contributed by atoms with Gasteiger partial charge in [-0.25, -0.2) is 5.43 Å². The number of amides is 1. The van der Waals surface area contributed by atoms with Crippen LogP contribution in [0.25, 0.3) is 0 Å². The predicted molar refractivity (Wildman–Crippen MR) is 82.6 cm³/mol. The second-order valence-electron chi connectivity index (χ2n) is 3.56. The van der Waals surface area contributed by atoms with Crippen molar-refractivity contribution < 1.29 is 4.79 Å². The van der Waals surface area contributed by atoms with Crippen molar-refractivity contribution in [3.05, 3.63) is 41.5 Å². The van der Waals surface area contributed by atoms with Crippen molar-refractivity contribution >= 4 is 29.1 Å². The van der Waals surface area contributed by atoms with Crippen LogP contribution in [0.2, 0.25) is 0 Å². The lowest BCUT2D eigenvalue weighted by molar-refractivity contribution is -0.118. The lowest BCUT2D eigenvalue weighted by Gasteiger charge is -2.10. The van der Waals surface area contributed by atoms with E-state index in [-0.39, 0.29) is 5.91 Å². The number of hydrogen-bond acceptors (Lipinski definition) is 4. The largest absolute Gasteiger partial charge is 0.277 e. The van der Waals surface area contributed by atoms with Crippen molar-refractivity contribution in [2.75, 3.05) is 12.3 Å². The lowest BCUT2D eigenvalue weighted by atomic mass is 10.2. The Morgan fingerprint density at radius 1 is 1.74 bits per heavy atom. The molecule has 1 N–H and O–H groups in total. The summed E-state index contributed by atoms with van der Waals surface area (Å²) in [5.41, 5.74) is 6.74. The number of carbonyl (C=O) groups is 1. The molecular weight excluding hydrogens is 258 g/mol. The Hall–Kier alpha value is -1.84. The molecule has 1 aliphatic rings. The zero-order chi connectivity index (χ0) is 14.1. The predicted octanol–water partition coefficient (Wildman–Crippen LogP) is 2.47. The molecule has 0 bridgehead atoms. The van der Waals surface area contributed by atoms with E-state index in [1.54, 1.807) is 17.8 Å². The van der Waals surface area contributed by atoms with Crippen LogP contribution in [-0.4, -0.2) is 29.6 Å². The average molecular weight is 275 g/mol. The normalized spacial score (nSPS) is 15.2. The van der Waals surface area contributed by atoms with Gasteiger partial charge in [0.15, 0.2) is 0 Å². The highest BCUT2D eigenvalue weighted by atomic mass is 32.2. The van der Waals surface area contributed by atoms with E-state index in [1.165, 1.54) is 6.92 Å². The van der Waals surface area contributed by atoms with Crippen molar-refractivity contribution in [1.82, 2.24) is 5.43 Å². The standard InChI is InChI=1S/C14H17N3OS/c1-4-12(17-16-11(3)18)14-13(19-5-2)9-7-6-8-10-15-14/h4,7-9H,1,5,10H2,2-3H3,(H,16,18)/b13-9?,15-14?,17-12+. The molecule has 0 aromatic carbocycles. The Morgan fingerprint density at radius 3 is 3.16 bits per heavy atom. The topological polar surface area (TPSA) is 53.8 Å². The van der Waals surface area contributed by atoms with Crippen molar-refractivity contribution in [2.24, 2.45) is 10.1 Å². The first kappa shape index (κ1) is 15.2. The third kappa shape index (κ3) is 5.12. The van der Waals surface area contributed by atoms with Crippen LogP contribution in [0.3, 0.4) is 0 Å². The minimum Gasteiger partial charge on any atom is -0.277 e. The Morgan fingerprint density at radius 2 is 2.53 bits per heavy atom. The second-order valence-corrected chi connectivity index (χ2v) is 4.87. The third-order valence-electron chi connectivity index (χ3n) is 2.09. The van der Waals surface area contributed by atoms with Crippen LogP contribution < -0.4 is 5.43 Å². The number of carbonyl (C=O) groups excluding carboxylic acids is 1. The smallest absolute Gasteiger partial charge is 0.236 e. The van der Waals surface area contributed by atoms with E-state index in [1.807, 2.05) is 18.2 Å². The van der Waals surface area contributed by atoms with Gasteiger partial charge in [0.2, 0.25) is 5.91 Å². The maximum absolute atomic E-state index is 10.9. The molecule has 0 atom stereocenters. The van der Waals surface area contributed by atoms with E-state index >= 15 is 0 Å². The molecule has 1 amide bonds. The first-order chi connectivity index (χ1) is 9.19. The van der Waals surface area contributed by atoms with Crippen LogP contribution in [0, 0.1) is 0 Å². The molecule has 4 nitrogen and oxygen atoms in total. The summed E-state index contributed by atoms with van der Waals surface area (Å²) in [5, 5.41) is 4.04. The second kappa shape index (κ2) is 8.29. The first-order valence-electron chi connectivity index (χ1n) is 5.95. The zero-order valence-corrected chi connectivity index (χ0v) is 12.0. The highest BCUT2D eigenvalue weighted by Gasteiger charge is 2.12. The quantitative estimate of drug-likeness (QED) is 0.476. The van der Waals surface area contributed by atoms with Crippen LogP contribution in [-0.2, 0) is 4.79 Å². The Balaban J connectivity index is 3.10. The number of aliphatic imine (C=N–C) groups is 1. The molecular formula is C14H17N3OS. The molecule has 0 aromatic rings. The summed E-state index contributed by atoms with van der Waals surface area (Å²) in [4.78, 5) is 16.4. The van der Waals surface area contributed by atoms with E-state index in [0.717, 1.165) is 16.4 Å². The van der Waals surface area contributed by atoms with Gasteiger partial charge in [-0.1, -0.05) is 13.5 Å². The molecule has 0 aliphatic carbocycles. The van der Waals surface area contributed by atoms with Gasteiger partial charge in [0.1, 0.15) is 5.71 Å². The van der Waals surface area contributed by atoms with Gasteiger partial charge in [0, 0.05) is 11.8 Å². The molecule has 5 heteroatoms. The van der Waals surface area contributed by atoms with Gasteiger partial charge in [0.25, 0.3) is 0 Å². The van der Waals surface area contributed by atoms with Gasteiger partial charge >= 0.3 is 0 Å². The molecule has 19 heavy (non-hydrogen) atoms. The molecule has 1 heterocycles. The average Bonchev–Trinajstić information content (AvgIpc) is 2.36. The Bertz CT molecular complexity index is 509. The number of rotatable bonds is 5. The number of thioether (sulfide) groups is 1. The molecule has 1 rings (SSSR count). The van der Waals surface area contributed by atoms with Crippen molar-refractivity contribution in [3.63, 3.8) is 0 Å². The Kier molecular flexibility index (Phi) is 6.64. The Labute approximate surface area is 117 Å². The minimum absolute atomic E-state index is 0.223. The first-order valence-corrected chi connectivity index (χ1v) is 6.93. The number of nitrogens with zero attached hydrogens (tertiary/aromatic N) is 2. The lowest BCUT2D eigenvalue weighted by Crippen LogP contribution is -2.21. The monoisotopic (exact) mass is 275 g/mol. The van der Waals surface area contributed by atoms with Crippen molar-refractivity contribution in [1.29, 1.82) is 0 Å². The molecule has 0 fully saturated rings. The van der Waals surface area contributed by atoms with Crippen LogP contribution in [0.5, 0.6) is 0 Å². The van der Waals surface area contributed by atoms with E-state index in [9.17, 15) is 4.79 Å². The fourth-order valence-corrected chi connectivity index (χ4v) is 2.13. The maximum Gasteiger partial charge on any atom is 0.236 e. The minimum atomic E-state index is -0.223. The summed E-state index contributed by atoms with van der Waals surface area (Å²) in [5.74, 6) is 0.701. The fraction of sp³-hybridized carbons (Fsp3) is 0.286. The fourth-order valence-electron chi connectivity index (χ4n) is 1.35. The summed E-state index contributed by atoms with van der Waals surface area (Å²) >= 11 is 1.66. The highest BCUT2D eigenvalue weighted by Crippen LogP contribution is 2.19. The molecule has 0 radical (unpaired) electrons. The van der Waals surface area contributed by atoms with Gasteiger partial charge in [-0.05, 0) is 30.1 Å². The maximum atomic E-state index is 10.9. The molecule has 1 aliphatic heterocycles. The van der Waals surface area contributed by atoms with E-state index < -0.39 is 0 Å². The molecule has 0 aromatic heterocycles. The molecule has 0 unspecified atom stereocenters. The van der Waals surface area contributed by atoms with E-state index in [0.29, 0.717) is 12.3 Å². The van der Waals surface area contributed by atoms with Crippen molar-refractivity contribution in [2.45, 2.75) is 13.8 Å². The summed E-state index contributed by atoms with van der Waals surface area (Å²) in [7, 11) is 0. The van der Waals surface area contributed by atoms with Gasteiger partial charge in [-0.2, -0.15) is 5.10 Å². The molecule has 0 saturated heterocycles. The summed E-state index contributed by atoms with van der Waals surface area (Å²) in [6.45, 7) is 7.73. The van der Waals surface area contributed by atoms with Crippen LogP contribution in [0.1, 0.15) is 13.8 Å². The number of hydrogen-bond donors (Lipinski definition) is 1. The number of nitrogens with one attached hydrogen (secondary N) is 1. The van der Waals surface area contributed by atoms with E-state index in [2.05, 4.69) is 34.8 Å². The molecule has 0 spiro atoms. The van der Waals surface area contributed by atoms with E-state index in [4.69, 9.17) is 0 Å². The van der Waals surface area contributed by atoms with Gasteiger partial charge in [-0.3, -0.25) is 9.79 Å². The molecule has 0 saturated carbocycles. The number of hydrazone groups is 1. The van der Waals surface area contributed by atoms with Gasteiger partial charge in [-0.15, -0.1) is 17.5 Å². The van der Waals surface area contributed by atoms with Crippen LogP contribution in [0.15, 0.2) is 51.6 Å². The molecule has 100 valence electrons. The van der Waals surface area contributed by atoms with Gasteiger partial charge in [0.05, 0.1) is 12.3 Å². The summed E-state index contributed by atoms with van der Waals surface area (Å²) < 4.78 is 0. The van der Waals surface area contributed by atoms with Crippen LogP contribution >= 0.6 is 11.8 Å². The SMILES string of the molecule is C=C/C(=N\NC(C)=O)C1=NCC=C=CC=C1SCC. The zero-order valence-electron chi connectivity index (χ0n) is 11.1. The highest BCUT2D eigenvalue weighted by molar-refractivity contribution is 8.04. The van der Waals surface area contributed by atoms with Gasteiger partial charge < -0.3 is 0 Å². The number of allylic oxidation sites excluding steroid dienone is 3. The summed E-state index contributed by atoms with van der Waals surface area (Å²) in [6.07, 6.45) is 7.22. The van der Waals surface area contributed by atoms with Crippen LogP contribution in [0.4, 0.5) is 0 Å².